The first kappa shape index (κ1) is 17.0. The second-order valence-electron chi connectivity index (χ2n) is 6.98. The van der Waals surface area contributed by atoms with Gasteiger partial charge in [0.25, 0.3) is 0 Å². The van der Waals surface area contributed by atoms with Crippen LogP contribution in [-0.4, -0.2) is 30.1 Å². The summed E-state index contributed by atoms with van der Waals surface area (Å²) < 4.78 is 20.6. The molecule has 4 rings (SSSR count). The molecule has 1 saturated heterocycles. The van der Waals surface area contributed by atoms with Crippen molar-refractivity contribution in [3.63, 3.8) is 0 Å². The van der Waals surface area contributed by atoms with Crippen molar-refractivity contribution in [3.05, 3.63) is 63.9 Å². The zero-order valence-electron chi connectivity index (χ0n) is 14.0. The highest BCUT2D eigenvalue weighted by atomic mass is 79.9. The summed E-state index contributed by atoms with van der Waals surface area (Å²) in [5.41, 5.74) is 8.71. The molecule has 0 spiro atoms. The lowest BCUT2D eigenvalue weighted by atomic mass is 10.0. The number of piperidine rings is 1. The van der Waals surface area contributed by atoms with Crippen LogP contribution in [0.2, 0.25) is 0 Å². The third-order valence-corrected chi connectivity index (χ3v) is 5.90. The molecule has 1 unspecified atom stereocenters. The maximum Gasteiger partial charge on any atom is 0.141 e. The standard InChI is InChI=1S/C20H22BrFN2O/c21-17-8-7-15(11-18(17)22)25-20-16-6-2-1-4-13(16)10-19(20)24-9-3-5-14(23)12-24/h1-2,4,6-8,11,14,19-20H,3,5,9-10,12,23H2/t14?,19-,20-/m1/s1. The average Bonchev–Trinajstić information content (AvgIpc) is 2.97. The Labute approximate surface area is 156 Å². The van der Waals surface area contributed by atoms with Crippen LogP contribution in [0.5, 0.6) is 5.75 Å². The van der Waals surface area contributed by atoms with Crippen LogP contribution in [0.15, 0.2) is 46.9 Å². The lowest BCUT2D eigenvalue weighted by Gasteiger charge is -2.38. The van der Waals surface area contributed by atoms with E-state index < -0.39 is 0 Å². The number of fused-ring (bicyclic) bond motifs is 1. The highest BCUT2D eigenvalue weighted by molar-refractivity contribution is 9.10. The molecule has 3 atom stereocenters. The van der Waals surface area contributed by atoms with Crippen LogP contribution in [0, 0.1) is 5.82 Å². The molecule has 25 heavy (non-hydrogen) atoms. The summed E-state index contributed by atoms with van der Waals surface area (Å²) in [5.74, 6) is 0.258. The Hall–Kier alpha value is -1.43. The van der Waals surface area contributed by atoms with Gasteiger partial charge in [-0.3, -0.25) is 4.90 Å². The summed E-state index contributed by atoms with van der Waals surface area (Å²) in [6.45, 7) is 1.94. The molecule has 1 heterocycles. The number of nitrogens with zero attached hydrogens (tertiary/aromatic N) is 1. The number of hydrogen-bond acceptors (Lipinski definition) is 3. The van der Waals surface area contributed by atoms with Gasteiger partial charge in [0.05, 0.1) is 10.5 Å². The van der Waals surface area contributed by atoms with Crippen LogP contribution < -0.4 is 10.5 Å². The maximum atomic E-state index is 13.9. The van der Waals surface area contributed by atoms with Gasteiger partial charge < -0.3 is 10.5 Å². The predicted octanol–water partition coefficient (Wildman–Crippen LogP) is 4.06. The Kier molecular flexibility index (Phi) is 4.80. The Morgan fingerprint density at radius 1 is 1.20 bits per heavy atom. The fourth-order valence-electron chi connectivity index (χ4n) is 4.04. The monoisotopic (exact) mass is 404 g/mol. The van der Waals surface area contributed by atoms with E-state index in [-0.39, 0.29) is 24.0 Å². The third kappa shape index (κ3) is 3.46. The Morgan fingerprint density at radius 2 is 2.04 bits per heavy atom. The molecule has 0 radical (unpaired) electrons. The van der Waals surface area contributed by atoms with Crippen LogP contribution in [0.1, 0.15) is 30.1 Å². The van der Waals surface area contributed by atoms with Crippen molar-refractivity contribution in [3.8, 4) is 5.75 Å². The molecule has 0 aromatic heterocycles. The van der Waals surface area contributed by atoms with E-state index in [1.54, 1.807) is 6.07 Å². The van der Waals surface area contributed by atoms with Crippen molar-refractivity contribution in [2.45, 2.75) is 37.5 Å². The summed E-state index contributed by atoms with van der Waals surface area (Å²) in [6.07, 6.45) is 3.06. The first-order valence-electron chi connectivity index (χ1n) is 8.81. The minimum atomic E-state index is -0.305. The van der Waals surface area contributed by atoms with Crippen molar-refractivity contribution in [1.82, 2.24) is 4.90 Å². The van der Waals surface area contributed by atoms with E-state index in [9.17, 15) is 4.39 Å². The fraction of sp³-hybridized carbons (Fsp3) is 0.400. The molecule has 132 valence electrons. The van der Waals surface area contributed by atoms with Gasteiger partial charge in [-0.25, -0.2) is 4.39 Å². The Bertz CT molecular complexity index is 769. The van der Waals surface area contributed by atoms with Crippen LogP contribution in [0.3, 0.4) is 0 Å². The molecule has 1 fully saturated rings. The molecule has 1 aliphatic carbocycles. The van der Waals surface area contributed by atoms with Gasteiger partial charge in [0.2, 0.25) is 0 Å². The Morgan fingerprint density at radius 3 is 2.84 bits per heavy atom. The number of halogens is 2. The van der Waals surface area contributed by atoms with Crippen molar-refractivity contribution in [1.29, 1.82) is 0 Å². The van der Waals surface area contributed by atoms with Gasteiger partial charge in [-0.1, -0.05) is 24.3 Å². The highest BCUT2D eigenvalue weighted by Gasteiger charge is 2.39. The number of hydrogen-bond donors (Lipinski definition) is 1. The molecular formula is C20H22BrFN2O. The van der Waals surface area contributed by atoms with Gasteiger partial charge in [-0.2, -0.15) is 0 Å². The summed E-state index contributed by atoms with van der Waals surface area (Å²) >= 11 is 3.20. The Balaban J connectivity index is 1.63. The molecule has 3 nitrogen and oxygen atoms in total. The number of likely N-dealkylation sites (tertiary alicyclic amines) is 1. The van der Waals surface area contributed by atoms with E-state index in [4.69, 9.17) is 10.5 Å². The van der Waals surface area contributed by atoms with E-state index in [1.165, 1.54) is 17.2 Å². The van der Waals surface area contributed by atoms with Crippen LogP contribution in [0.25, 0.3) is 0 Å². The van der Waals surface area contributed by atoms with E-state index in [0.717, 1.165) is 32.4 Å². The van der Waals surface area contributed by atoms with Crippen molar-refractivity contribution < 1.29 is 9.13 Å². The number of benzene rings is 2. The van der Waals surface area contributed by atoms with E-state index in [0.29, 0.717) is 10.2 Å². The summed E-state index contributed by atoms with van der Waals surface area (Å²) in [7, 11) is 0. The lowest BCUT2D eigenvalue weighted by molar-refractivity contribution is 0.0591. The zero-order valence-corrected chi connectivity index (χ0v) is 15.6. The predicted molar refractivity (Wildman–Crippen MR) is 100 cm³/mol. The average molecular weight is 405 g/mol. The van der Waals surface area contributed by atoms with Gasteiger partial charge in [-0.15, -0.1) is 0 Å². The first-order valence-corrected chi connectivity index (χ1v) is 9.60. The molecule has 2 aromatic rings. The van der Waals surface area contributed by atoms with Gasteiger partial charge in [0, 0.05) is 18.7 Å². The molecule has 0 saturated carbocycles. The van der Waals surface area contributed by atoms with E-state index in [1.807, 2.05) is 12.1 Å². The molecule has 2 N–H and O–H groups in total. The molecule has 5 heteroatoms. The van der Waals surface area contributed by atoms with Crippen molar-refractivity contribution >= 4 is 15.9 Å². The zero-order chi connectivity index (χ0) is 17.4. The van der Waals surface area contributed by atoms with Crippen LogP contribution in [0.4, 0.5) is 4.39 Å². The fourth-order valence-corrected chi connectivity index (χ4v) is 4.28. The molecule has 2 aliphatic rings. The largest absolute Gasteiger partial charge is 0.484 e. The number of nitrogens with two attached hydrogens (primary N) is 1. The van der Waals surface area contributed by atoms with Gasteiger partial charge >= 0.3 is 0 Å². The topological polar surface area (TPSA) is 38.5 Å². The smallest absolute Gasteiger partial charge is 0.141 e. The van der Waals surface area contributed by atoms with Crippen molar-refractivity contribution in [2.75, 3.05) is 13.1 Å². The maximum absolute atomic E-state index is 13.9. The second kappa shape index (κ2) is 7.06. The third-order valence-electron chi connectivity index (χ3n) is 5.25. The molecule has 1 aliphatic heterocycles. The molecule has 0 amide bonds. The number of ether oxygens (including phenoxy) is 1. The summed E-state index contributed by atoms with van der Waals surface area (Å²) in [4.78, 5) is 2.45. The van der Waals surface area contributed by atoms with Crippen LogP contribution >= 0.6 is 15.9 Å². The minimum absolute atomic E-state index is 0.0953. The van der Waals surface area contributed by atoms with Crippen molar-refractivity contribution in [2.24, 2.45) is 5.73 Å². The van der Waals surface area contributed by atoms with Crippen LogP contribution in [-0.2, 0) is 6.42 Å². The first-order chi connectivity index (χ1) is 12.1. The molecule has 0 bridgehead atoms. The normalized spacial score (nSPS) is 26.4. The molecular weight excluding hydrogens is 383 g/mol. The van der Waals surface area contributed by atoms with Gasteiger partial charge in [0.1, 0.15) is 17.7 Å². The second-order valence-corrected chi connectivity index (χ2v) is 7.84. The van der Waals surface area contributed by atoms with E-state index in [2.05, 4.69) is 39.0 Å². The SMILES string of the molecule is NC1CCCN([C@@H]2Cc3ccccc3[C@H]2Oc2ccc(Br)c(F)c2)C1. The van der Waals surface area contributed by atoms with E-state index >= 15 is 0 Å². The van der Waals surface area contributed by atoms with Gasteiger partial charge in [0.15, 0.2) is 0 Å². The quantitative estimate of drug-likeness (QED) is 0.837. The summed E-state index contributed by atoms with van der Waals surface area (Å²) in [5, 5.41) is 0. The highest BCUT2D eigenvalue weighted by Crippen LogP contribution is 2.39. The molecule has 2 aromatic carbocycles. The minimum Gasteiger partial charge on any atom is -0.484 e. The lowest BCUT2D eigenvalue weighted by Crippen LogP contribution is -2.49. The van der Waals surface area contributed by atoms with Gasteiger partial charge in [-0.05, 0) is 65.0 Å². The summed E-state index contributed by atoms with van der Waals surface area (Å²) in [6, 6.07) is 13.8. The number of rotatable bonds is 3.